The van der Waals surface area contributed by atoms with Gasteiger partial charge < -0.3 is 27.9 Å². The van der Waals surface area contributed by atoms with Gasteiger partial charge in [0, 0.05) is 12.8 Å². The van der Waals surface area contributed by atoms with Crippen molar-refractivity contribution in [2.24, 2.45) is 0 Å². The lowest BCUT2D eigenvalue weighted by Gasteiger charge is -2.28. The maximum Gasteiger partial charge on any atom is 0.306 e. The second-order valence-corrected chi connectivity index (χ2v) is 16.8. The number of ether oxygens (including phenoxy) is 2. The predicted octanol–water partition coefficient (Wildman–Crippen LogP) is 10.8. The van der Waals surface area contributed by atoms with Crippen LogP contribution in [0, 0.1) is 0 Å². The maximum absolute atomic E-state index is 12.6. The third-order valence-electron chi connectivity index (χ3n) is 9.04. The molecule has 302 valence electrons. The summed E-state index contributed by atoms with van der Waals surface area (Å²) in [6.45, 7) is 4.21. The Bertz CT molecular complexity index is 891. The topological polar surface area (TPSA) is 111 Å². The second kappa shape index (κ2) is 34.5. The first-order valence-electron chi connectivity index (χ1n) is 20.9. The van der Waals surface area contributed by atoms with Crippen molar-refractivity contribution in [2.45, 2.75) is 193 Å². The van der Waals surface area contributed by atoms with Crippen molar-refractivity contribution < 1.29 is 42.1 Å². The van der Waals surface area contributed by atoms with E-state index in [0.29, 0.717) is 17.4 Å². The lowest BCUT2D eigenvalue weighted by molar-refractivity contribution is -0.870. The molecule has 9 nitrogen and oxygen atoms in total. The Hall–Kier alpha value is -1.25. The van der Waals surface area contributed by atoms with E-state index in [1.54, 1.807) is 0 Å². The van der Waals surface area contributed by atoms with E-state index in [1.807, 2.05) is 21.1 Å². The van der Waals surface area contributed by atoms with E-state index < -0.39 is 26.5 Å². The van der Waals surface area contributed by atoms with Crippen LogP contribution >= 0.6 is 7.82 Å². The van der Waals surface area contributed by atoms with Crippen LogP contribution in [0.2, 0.25) is 0 Å². The highest BCUT2D eigenvalue weighted by Gasteiger charge is 2.21. The molecule has 0 bridgehead atoms. The minimum Gasteiger partial charge on any atom is -0.756 e. The van der Waals surface area contributed by atoms with E-state index in [9.17, 15) is 19.0 Å². The summed E-state index contributed by atoms with van der Waals surface area (Å²) in [6, 6.07) is 0. The molecule has 0 heterocycles. The molecule has 0 aliphatic rings. The van der Waals surface area contributed by atoms with Gasteiger partial charge in [-0.1, -0.05) is 148 Å². The van der Waals surface area contributed by atoms with E-state index in [4.69, 9.17) is 18.5 Å². The average molecular weight is 746 g/mol. The van der Waals surface area contributed by atoms with Gasteiger partial charge in [0.1, 0.15) is 19.8 Å². The van der Waals surface area contributed by atoms with E-state index >= 15 is 0 Å². The van der Waals surface area contributed by atoms with Gasteiger partial charge in [0.05, 0.1) is 27.7 Å². The molecule has 0 rings (SSSR count). The molecule has 0 spiro atoms. The van der Waals surface area contributed by atoms with Crippen molar-refractivity contribution in [3.8, 4) is 0 Å². The molecule has 10 heteroatoms. The van der Waals surface area contributed by atoms with Crippen LogP contribution in [-0.4, -0.2) is 70.0 Å². The van der Waals surface area contributed by atoms with Gasteiger partial charge in [-0.2, -0.15) is 0 Å². The van der Waals surface area contributed by atoms with Crippen molar-refractivity contribution in [3.05, 3.63) is 12.2 Å². The molecule has 0 N–H and O–H groups in total. The van der Waals surface area contributed by atoms with E-state index in [-0.39, 0.29) is 32.0 Å². The van der Waals surface area contributed by atoms with Gasteiger partial charge in [-0.05, 0) is 38.5 Å². The number of carbonyl (C=O) groups excluding carboxylic acids is 2. The summed E-state index contributed by atoms with van der Waals surface area (Å²) >= 11 is 0. The fourth-order valence-electron chi connectivity index (χ4n) is 5.71. The Morgan fingerprint density at radius 3 is 1.45 bits per heavy atom. The molecule has 0 amide bonds. The normalized spacial score (nSPS) is 13.8. The summed E-state index contributed by atoms with van der Waals surface area (Å²) in [5, 5.41) is 0. The fraction of sp³-hybridized carbons (Fsp3) is 0.902. The number of nitrogens with zero attached hydrogens (tertiary/aromatic N) is 1. The Morgan fingerprint density at radius 1 is 0.588 bits per heavy atom. The third-order valence-corrected chi connectivity index (χ3v) is 10.00. The number of phosphoric ester groups is 1. The number of esters is 2. The van der Waals surface area contributed by atoms with Crippen molar-refractivity contribution in [3.63, 3.8) is 0 Å². The number of carbonyl (C=O) groups is 2. The number of phosphoric acid groups is 1. The molecule has 0 aromatic heterocycles. The Kier molecular flexibility index (Phi) is 33.7. The molecule has 0 aliphatic heterocycles. The molecule has 0 radical (unpaired) electrons. The highest BCUT2D eigenvalue weighted by molar-refractivity contribution is 7.45. The predicted molar refractivity (Wildman–Crippen MR) is 208 cm³/mol. The fourth-order valence-corrected chi connectivity index (χ4v) is 6.44. The quantitative estimate of drug-likeness (QED) is 0.0202. The van der Waals surface area contributed by atoms with Gasteiger partial charge in [-0.25, -0.2) is 0 Å². The highest BCUT2D eigenvalue weighted by atomic mass is 31.2. The number of hydrogen-bond acceptors (Lipinski definition) is 8. The van der Waals surface area contributed by atoms with Gasteiger partial charge in [-0.15, -0.1) is 0 Å². The van der Waals surface area contributed by atoms with E-state index in [0.717, 1.165) is 51.4 Å². The van der Waals surface area contributed by atoms with Crippen LogP contribution < -0.4 is 4.89 Å². The molecule has 51 heavy (non-hydrogen) atoms. The first-order valence-corrected chi connectivity index (χ1v) is 22.4. The van der Waals surface area contributed by atoms with Gasteiger partial charge in [0.15, 0.2) is 6.10 Å². The molecule has 2 atom stereocenters. The number of quaternary nitrogens is 1. The zero-order valence-electron chi connectivity index (χ0n) is 33.8. The lowest BCUT2D eigenvalue weighted by atomic mass is 10.1. The second-order valence-electron chi connectivity index (χ2n) is 15.4. The van der Waals surface area contributed by atoms with Crippen LogP contribution in [0.4, 0.5) is 0 Å². The number of hydrogen-bond donors (Lipinski definition) is 0. The third kappa shape index (κ3) is 38.3. The summed E-state index contributed by atoms with van der Waals surface area (Å²) in [5.74, 6) is -0.839. The molecule has 0 aliphatic carbocycles. The standard InChI is InChI=1S/C41H80NO8P/c1-6-8-10-12-14-16-18-19-20-21-22-24-26-28-30-32-34-41(44)50-39(38-49-51(45,46)48-36-35-42(3,4)5)37-47-40(43)33-31-29-27-25-23-17-15-13-11-9-7-2/h20-21,39H,6-19,22-38H2,1-5H3/b21-20-. The van der Waals surface area contributed by atoms with Gasteiger partial charge in [0.25, 0.3) is 7.82 Å². The van der Waals surface area contributed by atoms with Crippen LogP contribution in [0.3, 0.4) is 0 Å². The first-order chi connectivity index (χ1) is 24.5. The highest BCUT2D eigenvalue weighted by Crippen LogP contribution is 2.38. The van der Waals surface area contributed by atoms with E-state index in [2.05, 4.69) is 26.0 Å². The molecule has 0 saturated carbocycles. The van der Waals surface area contributed by atoms with Crippen molar-refractivity contribution in [1.82, 2.24) is 0 Å². The van der Waals surface area contributed by atoms with Crippen molar-refractivity contribution >= 4 is 19.8 Å². The Morgan fingerprint density at radius 2 is 1.00 bits per heavy atom. The average Bonchev–Trinajstić information content (AvgIpc) is 3.07. The number of likely N-dealkylation sites (N-methyl/N-ethyl adjacent to an activating group) is 1. The summed E-state index contributed by atoms with van der Waals surface area (Å²) in [6.07, 6.45) is 33.7. The zero-order valence-corrected chi connectivity index (χ0v) is 34.7. The van der Waals surface area contributed by atoms with Crippen molar-refractivity contribution in [2.75, 3.05) is 47.5 Å². The Labute approximate surface area is 314 Å². The van der Waals surface area contributed by atoms with Gasteiger partial charge in [0.2, 0.25) is 0 Å². The maximum atomic E-state index is 12.6. The summed E-state index contributed by atoms with van der Waals surface area (Å²) in [5.41, 5.74) is 0. The smallest absolute Gasteiger partial charge is 0.306 e. The summed E-state index contributed by atoms with van der Waals surface area (Å²) < 4.78 is 33.8. The lowest BCUT2D eigenvalue weighted by Crippen LogP contribution is -2.37. The van der Waals surface area contributed by atoms with Gasteiger partial charge >= 0.3 is 11.9 Å². The molecule has 0 fully saturated rings. The Balaban J connectivity index is 4.38. The van der Waals surface area contributed by atoms with Crippen LogP contribution in [0.1, 0.15) is 187 Å². The van der Waals surface area contributed by atoms with E-state index in [1.165, 1.54) is 103 Å². The first kappa shape index (κ1) is 49.8. The van der Waals surface area contributed by atoms with Crippen LogP contribution in [0.15, 0.2) is 12.2 Å². The summed E-state index contributed by atoms with van der Waals surface area (Å²) in [4.78, 5) is 37.4. The monoisotopic (exact) mass is 746 g/mol. The minimum absolute atomic E-state index is 0.0295. The van der Waals surface area contributed by atoms with Crippen LogP contribution in [0.5, 0.6) is 0 Å². The number of allylic oxidation sites excluding steroid dienone is 2. The number of unbranched alkanes of at least 4 members (excludes halogenated alkanes) is 22. The van der Waals surface area contributed by atoms with Gasteiger partial charge in [-0.3, -0.25) is 14.2 Å². The number of rotatable bonds is 38. The largest absolute Gasteiger partial charge is 0.756 e. The molecule has 0 aromatic carbocycles. The summed E-state index contributed by atoms with van der Waals surface area (Å²) in [7, 11) is 1.17. The molecular formula is C41H80NO8P. The zero-order chi connectivity index (χ0) is 37.9. The SMILES string of the molecule is CCCCCCCCC/C=C\CCCCCCCC(=O)OC(COC(=O)CCCCCCCCCCCCC)COP(=O)([O-])OCC[N+](C)(C)C. The van der Waals surface area contributed by atoms with Crippen LogP contribution in [0.25, 0.3) is 0 Å². The molecular weight excluding hydrogens is 665 g/mol. The molecule has 0 aromatic rings. The van der Waals surface area contributed by atoms with Crippen molar-refractivity contribution in [1.29, 1.82) is 0 Å². The molecule has 0 saturated heterocycles. The van der Waals surface area contributed by atoms with Crippen LogP contribution in [-0.2, 0) is 32.7 Å². The molecule has 2 unspecified atom stereocenters. The minimum atomic E-state index is -4.62.